The van der Waals surface area contributed by atoms with E-state index in [1.165, 1.54) is 6.92 Å². The minimum absolute atomic E-state index is 0.0825. The number of halogens is 1. The second-order valence-corrected chi connectivity index (χ2v) is 3.51. The Hall–Kier alpha value is -1.48. The van der Waals surface area contributed by atoms with Gasteiger partial charge in [0.05, 0.1) is 5.69 Å². The zero-order valence-corrected chi connectivity index (χ0v) is 8.35. The third-order valence-electron chi connectivity index (χ3n) is 1.95. The molecule has 2 N–H and O–H groups in total. The number of benzene rings is 1. The molecule has 1 aromatic heterocycles. The van der Waals surface area contributed by atoms with Crippen LogP contribution in [0.2, 0.25) is 5.02 Å². The van der Waals surface area contributed by atoms with E-state index in [1.807, 2.05) is 12.1 Å². The van der Waals surface area contributed by atoms with Gasteiger partial charge in [0, 0.05) is 29.0 Å². The van der Waals surface area contributed by atoms with Gasteiger partial charge < -0.3 is 10.3 Å². The number of carbonyl (C=O) groups excluding carboxylic acids is 1. The van der Waals surface area contributed by atoms with Crippen molar-refractivity contribution in [2.75, 3.05) is 5.32 Å². The molecular weight excluding hydrogens is 200 g/mol. The highest BCUT2D eigenvalue weighted by Crippen LogP contribution is 2.25. The van der Waals surface area contributed by atoms with Crippen LogP contribution in [0.1, 0.15) is 6.92 Å². The maximum atomic E-state index is 10.9. The van der Waals surface area contributed by atoms with Crippen molar-refractivity contribution in [3.63, 3.8) is 0 Å². The number of aromatic nitrogens is 1. The van der Waals surface area contributed by atoms with Crippen molar-refractivity contribution in [3.8, 4) is 0 Å². The van der Waals surface area contributed by atoms with E-state index in [1.54, 1.807) is 12.3 Å². The summed E-state index contributed by atoms with van der Waals surface area (Å²) in [7, 11) is 0. The minimum Gasteiger partial charge on any atom is -0.359 e. The minimum atomic E-state index is -0.0825. The molecule has 3 nitrogen and oxygen atoms in total. The Morgan fingerprint density at radius 1 is 1.50 bits per heavy atom. The van der Waals surface area contributed by atoms with Gasteiger partial charge >= 0.3 is 0 Å². The molecule has 0 aliphatic carbocycles. The lowest BCUT2D eigenvalue weighted by Gasteiger charge is -1.98. The summed E-state index contributed by atoms with van der Waals surface area (Å²) in [4.78, 5) is 13.9. The highest BCUT2D eigenvalue weighted by molar-refractivity contribution is 6.31. The van der Waals surface area contributed by atoms with E-state index in [9.17, 15) is 4.79 Å². The van der Waals surface area contributed by atoms with Crippen LogP contribution in [0.5, 0.6) is 0 Å². The third kappa shape index (κ3) is 1.59. The molecule has 0 fully saturated rings. The second-order valence-electron chi connectivity index (χ2n) is 3.07. The van der Waals surface area contributed by atoms with Crippen LogP contribution in [0.3, 0.4) is 0 Å². The van der Waals surface area contributed by atoms with E-state index in [4.69, 9.17) is 11.6 Å². The van der Waals surface area contributed by atoms with E-state index in [-0.39, 0.29) is 5.91 Å². The number of anilines is 1. The van der Waals surface area contributed by atoms with E-state index in [2.05, 4.69) is 10.3 Å². The molecule has 72 valence electrons. The number of hydrogen-bond donors (Lipinski definition) is 2. The average Bonchev–Trinajstić information content (AvgIpc) is 2.47. The van der Waals surface area contributed by atoms with E-state index in [0.717, 1.165) is 16.6 Å². The Kier molecular flexibility index (Phi) is 2.17. The summed E-state index contributed by atoms with van der Waals surface area (Å²) in [6.45, 7) is 1.48. The molecule has 0 aliphatic rings. The summed E-state index contributed by atoms with van der Waals surface area (Å²) < 4.78 is 0. The van der Waals surface area contributed by atoms with Gasteiger partial charge in [0.15, 0.2) is 0 Å². The molecule has 0 spiro atoms. The Morgan fingerprint density at radius 3 is 3.00 bits per heavy atom. The van der Waals surface area contributed by atoms with Crippen LogP contribution in [-0.4, -0.2) is 10.9 Å². The Labute approximate surface area is 86.1 Å². The number of rotatable bonds is 1. The first-order chi connectivity index (χ1) is 6.66. The summed E-state index contributed by atoms with van der Waals surface area (Å²) in [6.07, 6.45) is 1.75. The van der Waals surface area contributed by atoms with Gasteiger partial charge in [-0.05, 0) is 18.2 Å². The van der Waals surface area contributed by atoms with Crippen LogP contribution in [0.25, 0.3) is 10.9 Å². The van der Waals surface area contributed by atoms with E-state index < -0.39 is 0 Å². The smallest absolute Gasteiger partial charge is 0.221 e. The van der Waals surface area contributed by atoms with Gasteiger partial charge in [0.2, 0.25) is 5.91 Å². The van der Waals surface area contributed by atoms with Gasteiger partial charge in [-0.2, -0.15) is 0 Å². The SMILES string of the molecule is CC(=O)Nc1c[nH]c2cc(Cl)ccc12. The molecule has 0 bridgehead atoms. The maximum Gasteiger partial charge on any atom is 0.221 e. The van der Waals surface area contributed by atoms with Crippen molar-refractivity contribution in [1.29, 1.82) is 0 Å². The lowest BCUT2D eigenvalue weighted by Crippen LogP contribution is -2.04. The summed E-state index contributed by atoms with van der Waals surface area (Å²) in [5.74, 6) is -0.0825. The first-order valence-corrected chi connectivity index (χ1v) is 4.59. The normalized spacial score (nSPS) is 10.4. The number of hydrogen-bond acceptors (Lipinski definition) is 1. The van der Waals surface area contributed by atoms with Crippen molar-refractivity contribution < 1.29 is 4.79 Å². The maximum absolute atomic E-state index is 10.9. The van der Waals surface area contributed by atoms with Crippen LogP contribution in [0, 0.1) is 0 Å². The molecule has 4 heteroatoms. The van der Waals surface area contributed by atoms with Crippen LogP contribution >= 0.6 is 11.6 Å². The van der Waals surface area contributed by atoms with Gasteiger partial charge in [0.25, 0.3) is 0 Å². The first kappa shape index (κ1) is 9.09. The molecule has 0 unspecified atom stereocenters. The van der Waals surface area contributed by atoms with Crippen molar-refractivity contribution >= 4 is 34.1 Å². The molecule has 2 aromatic rings. The van der Waals surface area contributed by atoms with Crippen LogP contribution < -0.4 is 5.32 Å². The highest BCUT2D eigenvalue weighted by atomic mass is 35.5. The molecular formula is C10H9ClN2O. The lowest BCUT2D eigenvalue weighted by atomic mass is 10.2. The van der Waals surface area contributed by atoms with Crippen molar-refractivity contribution in [2.45, 2.75) is 6.92 Å². The molecule has 0 aliphatic heterocycles. The largest absolute Gasteiger partial charge is 0.359 e. The third-order valence-corrected chi connectivity index (χ3v) is 2.19. The molecule has 1 amide bonds. The Balaban J connectivity index is 2.52. The zero-order chi connectivity index (χ0) is 10.1. The summed E-state index contributed by atoms with van der Waals surface area (Å²) in [6, 6.07) is 5.49. The van der Waals surface area contributed by atoms with Crippen LogP contribution in [-0.2, 0) is 4.79 Å². The van der Waals surface area contributed by atoms with Gasteiger partial charge in [0.1, 0.15) is 0 Å². The Morgan fingerprint density at radius 2 is 2.29 bits per heavy atom. The van der Waals surface area contributed by atoms with Gasteiger partial charge in [-0.25, -0.2) is 0 Å². The lowest BCUT2D eigenvalue weighted by molar-refractivity contribution is -0.114. The molecule has 0 saturated carbocycles. The molecule has 0 radical (unpaired) electrons. The monoisotopic (exact) mass is 208 g/mol. The van der Waals surface area contributed by atoms with Gasteiger partial charge in [-0.3, -0.25) is 4.79 Å². The second kappa shape index (κ2) is 3.35. The van der Waals surface area contributed by atoms with Crippen molar-refractivity contribution in [3.05, 3.63) is 29.4 Å². The Bertz CT molecular complexity index is 490. The number of carbonyl (C=O) groups is 1. The standard InChI is InChI=1S/C10H9ClN2O/c1-6(14)13-10-5-12-9-4-7(11)2-3-8(9)10/h2-5,12H,1H3,(H,13,14). The van der Waals surface area contributed by atoms with E-state index >= 15 is 0 Å². The molecule has 0 saturated heterocycles. The number of aromatic amines is 1. The van der Waals surface area contributed by atoms with Crippen molar-refractivity contribution in [2.24, 2.45) is 0 Å². The first-order valence-electron chi connectivity index (χ1n) is 4.21. The van der Waals surface area contributed by atoms with Crippen LogP contribution in [0.15, 0.2) is 24.4 Å². The zero-order valence-electron chi connectivity index (χ0n) is 7.60. The number of fused-ring (bicyclic) bond motifs is 1. The molecule has 2 rings (SSSR count). The van der Waals surface area contributed by atoms with E-state index in [0.29, 0.717) is 5.02 Å². The quantitative estimate of drug-likeness (QED) is 0.744. The molecule has 1 aromatic carbocycles. The molecule has 1 heterocycles. The van der Waals surface area contributed by atoms with Crippen LogP contribution in [0.4, 0.5) is 5.69 Å². The number of amides is 1. The molecule has 14 heavy (non-hydrogen) atoms. The average molecular weight is 209 g/mol. The van der Waals surface area contributed by atoms with Gasteiger partial charge in [-0.1, -0.05) is 11.6 Å². The topological polar surface area (TPSA) is 44.9 Å². The number of H-pyrrole nitrogens is 1. The van der Waals surface area contributed by atoms with Crippen molar-refractivity contribution in [1.82, 2.24) is 4.98 Å². The summed E-state index contributed by atoms with van der Waals surface area (Å²) in [5, 5.41) is 4.37. The predicted octanol–water partition coefficient (Wildman–Crippen LogP) is 2.78. The molecule has 0 atom stereocenters. The fraction of sp³-hybridized carbons (Fsp3) is 0.100. The fourth-order valence-corrected chi connectivity index (χ4v) is 1.56. The fourth-order valence-electron chi connectivity index (χ4n) is 1.39. The van der Waals surface area contributed by atoms with Gasteiger partial charge in [-0.15, -0.1) is 0 Å². The summed E-state index contributed by atoms with van der Waals surface area (Å²) >= 11 is 5.83. The number of nitrogens with one attached hydrogen (secondary N) is 2. The predicted molar refractivity (Wildman–Crippen MR) is 57.6 cm³/mol. The highest BCUT2D eigenvalue weighted by Gasteiger charge is 2.04. The summed E-state index contributed by atoms with van der Waals surface area (Å²) in [5.41, 5.74) is 1.70.